The monoisotopic (exact) mass is 844 g/mol. The maximum Gasteiger partial charge on any atom is 0.135 e. The van der Waals surface area contributed by atoms with Gasteiger partial charge in [0.15, 0.2) is 0 Å². The first-order valence-electron chi connectivity index (χ1n) is 22.5. The molecule has 10 aromatic carbocycles. The molecule has 66 heavy (non-hydrogen) atoms. The molecule has 3 heteroatoms. The average molecular weight is 845 g/mol. The Morgan fingerprint density at radius 3 is 1.68 bits per heavy atom. The summed E-state index contributed by atoms with van der Waals surface area (Å²) in [7, 11) is 0. The van der Waals surface area contributed by atoms with Crippen molar-refractivity contribution in [3.8, 4) is 44.8 Å². The number of hydrogen-bond donors (Lipinski definition) is 0. The van der Waals surface area contributed by atoms with E-state index in [2.05, 4.69) is 211 Å². The minimum absolute atomic E-state index is 0.912. The fraction of sp³-hybridized carbons (Fsp3) is 0.0159. The number of para-hydroxylation sites is 3. The van der Waals surface area contributed by atoms with E-state index in [1.165, 1.54) is 93.3 Å². The van der Waals surface area contributed by atoms with Crippen LogP contribution in [0.2, 0.25) is 0 Å². The summed E-state index contributed by atoms with van der Waals surface area (Å²) in [5.74, 6) is 0. The van der Waals surface area contributed by atoms with Crippen molar-refractivity contribution in [2.45, 2.75) is 6.92 Å². The second kappa shape index (κ2) is 15.8. The minimum atomic E-state index is 0.912. The minimum Gasteiger partial charge on any atom is -0.456 e. The summed E-state index contributed by atoms with van der Waals surface area (Å²) >= 11 is 0. The van der Waals surface area contributed by atoms with Crippen LogP contribution >= 0.6 is 0 Å². The normalized spacial score (nSPS) is 11.5. The number of benzene rings is 10. The van der Waals surface area contributed by atoms with Gasteiger partial charge >= 0.3 is 0 Å². The molecule has 1 aliphatic carbocycles. The van der Waals surface area contributed by atoms with Gasteiger partial charge in [-0.3, -0.25) is 0 Å². The molecule has 0 atom stereocenters. The van der Waals surface area contributed by atoms with E-state index < -0.39 is 0 Å². The third kappa shape index (κ3) is 6.20. The van der Waals surface area contributed by atoms with Crippen LogP contribution in [0.3, 0.4) is 0 Å². The average Bonchev–Trinajstić information content (AvgIpc) is 4.11. The molecule has 14 rings (SSSR count). The van der Waals surface area contributed by atoms with Crippen molar-refractivity contribution in [3.63, 3.8) is 0 Å². The lowest BCUT2D eigenvalue weighted by molar-refractivity contribution is 0.669. The number of fused-ring (bicyclic) bond motifs is 13. The van der Waals surface area contributed by atoms with E-state index in [-0.39, 0.29) is 0 Å². The summed E-state index contributed by atoms with van der Waals surface area (Å²) < 4.78 is 11.1. The quantitative estimate of drug-likeness (QED) is 0.162. The van der Waals surface area contributed by atoms with Gasteiger partial charge in [-0.1, -0.05) is 176 Å². The fourth-order valence-corrected chi connectivity index (χ4v) is 10.2. The highest BCUT2D eigenvalue weighted by Crippen LogP contribution is 2.51. The van der Waals surface area contributed by atoms with Crippen LogP contribution in [0.5, 0.6) is 0 Å². The van der Waals surface area contributed by atoms with Crippen LogP contribution in [0.1, 0.15) is 5.56 Å². The molecule has 0 unspecified atom stereocenters. The third-order valence-corrected chi connectivity index (χ3v) is 13.1. The lowest BCUT2D eigenvalue weighted by Crippen LogP contribution is -1.97. The summed E-state index contributed by atoms with van der Waals surface area (Å²) in [6.07, 6.45) is 3.28. The first kappa shape index (κ1) is 39.0. The van der Waals surface area contributed by atoms with Crippen LogP contribution < -0.4 is 0 Å². The Bertz CT molecular complexity index is 4030. The van der Waals surface area contributed by atoms with Gasteiger partial charge in [-0.2, -0.15) is 0 Å². The highest BCUT2D eigenvalue weighted by molar-refractivity contribution is 6.29. The Hall–Kier alpha value is -8.66. The highest BCUT2D eigenvalue weighted by atomic mass is 16.3. The Kier molecular flexibility index (Phi) is 9.36. The van der Waals surface area contributed by atoms with Crippen molar-refractivity contribution in [2.75, 3.05) is 0 Å². The Morgan fingerprint density at radius 2 is 0.924 bits per heavy atom. The molecule has 0 amide bonds. The van der Waals surface area contributed by atoms with Gasteiger partial charge in [0.25, 0.3) is 0 Å². The molecule has 0 spiro atoms. The van der Waals surface area contributed by atoms with Gasteiger partial charge < -0.3 is 13.6 Å². The van der Waals surface area contributed by atoms with Crippen molar-refractivity contribution in [2.24, 2.45) is 0 Å². The van der Waals surface area contributed by atoms with E-state index in [0.717, 1.165) is 33.3 Å². The van der Waals surface area contributed by atoms with E-state index in [1.54, 1.807) is 12.2 Å². The van der Waals surface area contributed by atoms with Crippen LogP contribution in [0.4, 0.5) is 0 Å². The van der Waals surface area contributed by atoms with E-state index in [4.69, 9.17) is 4.42 Å². The zero-order chi connectivity index (χ0) is 44.3. The van der Waals surface area contributed by atoms with Gasteiger partial charge in [0.05, 0.1) is 22.1 Å². The van der Waals surface area contributed by atoms with Crippen LogP contribution in [0.15, 0.2) is 242 Å². The molecule has 1 aliphatic rings. The van der Waals surface area contributed by atoms with Crippen molar-refractivity contribution >= 4 is 76.3 Å². The largest absolute Gasteiger partial charge is 0.456 e. The first-order valence-corrected chi connectivity index (χ1v) is 22.5. The molecule has 0 saturated heterocycles. The Balaban J connectivity index is 0.000000371. The van der Waals surface area contributed by atoms with Crippen LogP contribution in [-0.4, -0.2) is 9.13 Å². The SMILES string of the molecule is C=CC=C.Cc1ccccc1.c1ccc(-n2c3ccccc3c3ccc(-n4c5ccc(-c6ccc7oc8ccccc8c7c6)cc5c5c6cccc7c6c(cc54)-c4ccccc4-7)cc32)cc1. The van der Waals surface area contributed by atoms with Gasteiger partial charge in [0.2, 0.25) is 0 Å². The molecule has 3 nitrogen and oxygen atoms in total. The van der Waals surface area contributed by atoms with E-state index in [0.29, 0.717) is 0 Å². The van der Waals surface area contributed by atoms with Crippen molar-refractivity contribution in [1.82, 2.24) is 9.13 Å². The van der Waals surface area contributed by atoms with Crippen LogP contribution in [0, 0.1) is 6.92 Å². The van der Waals surface area contributed by atoms with E-state index in [9.17, 15) is 0 Å². The maximum absolute atomic E-state index is 6.21. The molecule has 0 saturated carbocycles. The molecule has 0 N–H and O–H groups in total. The maximum atomic E-state index is 6.21. The van der Waals surface area contributed by atoms with Gasteiger partial charge in [0.1, 0.15) is 11.2 Å². The Morgan fingerprint density at radius 1 is 0.348 bits per heavy atom. The molecule has 3 aromatic heterocycles. The van der Waals surface area contributed by atoms with E-state index in [1.807, 2.05) is 30.3 Å². The number of furan rings is 1. The van der Waals surface area contributed by atoms with Gasteiger partial charge in [-0.25, -0.2) is 0 Å². The van der Waals surface area contributed by atoms with Crippen LogP contribution in [0.25, 0.3) is 121 Å². The number of hydrogen-bond acceptors (Lipinski definition) is 1. The summed E-state index contributed by atoms with van der Waals surface area (Å²) in [6, 6.07) is 76.9. The molecular formula is C63H44N2O. The predicted molar refractivity (Wildman–Crippen MR) is 281 cm³/mol. The zero-order valence-electron chi connectivity index (χ0n) is 36.6. The smallest absolute Gasteiger partial charge is 0.135 e. The number of aryl methyl sites for hydroxylation is 1. The number of aromatic nitrogens is 2. The second-order valence-electron chi connectivity index (χ2n) is 17.0. The third-order valence-electron chi connectivity index (χ3n) is 13.1. The van der Waals surface area contributed by atoms with Crippen molar-refractivity contribution in [1.29, 1.82) is 0 Å². The molecule has 3 heterocycles. The zero-order valence-corrected chi connectivity index (χ0v) is 36.6. The molecule has 312 valence electrons. The highest BCUT2D eigenvalue weighted by Gasteiger charge is 2.26. The van der Waals surface area contributed by atoms with E-state index >= 15 is 0 Å². The summed E-state index contributed by atoms with van der Waals surface area (Å²) in [5, 5.41) is 9.94. The summed E-state index contributed by atoms with van der Waals surface area (Å²) in [6.45, 7) is 8.81. The number of rotatable bonds is 4. The lowest BCUT2D eigenvalue weighted by Gasteiger charge is -2.12. The van der Waals surface area contributed by atoms with Gasteiger partial charge in [-0.05, 0) is 118 Å². The van der Waals surface area contributed by atoms with Gasteiger partial charge in [0, 0.05) is 43.7 Å². The molecule has 0 fully saturated rings. The second-order valence-corrected chi connectivity index (χ2v) is 17.0. The fourth-order valence-electron chi connectivity index (χ4n) is 10.2. The first-order chi connectivity index (χ1) is 32.6. The molecule has 0 aliphatic heterocycles. The van der Waals surface area contributed by atoms with Crippen molar-refractivity contribution < 1.29 is 4.42 Å². The molecule has 0 bridgehead atoms. The summed E-state index contributed by atoms with van der Waals surface area (Å²) in [4.78, 5) is 0. The lowest BCUT2D eigenvalue weighted by atomic mass is 9.96. The standard InChI is InChI=1S/C52H30N2O.C7H8.C4H6/c1-2-11-33(12-3-1)53-45-19-8-6-15-37(45)38-24-23-34(29-47(38)53)54-46-25-21-31(32-22-26-50-42(27-32)39-16-7-9-20-49(39)55-50)28-44(46)52-41-18-10-17-40-35-13-4-5-14-36(35)43(51(40)41)30-48(52)54;1-7-5-3-2-4-6-7;1-3-4-2/h1-30H;2-6H,1H3;3-4H,1-2H2. The topological polar surface area (TPSA) is 23.0 Å². The molecule has 0 radical (unpaired) electrons. The Labute approximate surface area is 383 Å². The van der Waals surface area contributed by atoms with Crippen LogP contribution in [-0.2, 0) is 0 Å². The number of allylic oxidation sites excluding steroid dienone is 2. The molecular weight excluding hydrogens is 801 g/mol. The van der Waals surface area contributed by atoms with Crippen molar-refractivity contribution in [3.05, 3.63) is 243 Å². The molecule has 13 aromatic rings. The summed E-state index contributed by atoms with van der Waals surface area (Å²) in [5.41, 5.74) is 17.8. The van der Waals surface area contributed by atoms with Gasteiger partial charge in [-0.15, -0.1) is 0 Å². The predicted octanol–water partition coefficient (Wildman–Crippen LogP) is 17.6. The number of nitrogens with zero attached hydrogens (tertiary/aromatic N) is 2.